The van der Waals surface area contributed by atoms with E-state index in [0.717, 1.165) is 20.3 Å². The number of halogens is 2. The molecule has 0 fully saturated rings. The van der Waals surface area contributed by atoms with E-state index in [9.17, 15) is 4.79 Å². The molecule has 2 N–H and O–H groups in total. The van der Waals surface area contributed by atoms with Crippen molar-refractivity contribution in [2.75, 3.05) is 19.7 Å². The molecule has 24 heavy (non-hydrogen) atoms. The van der Waals surface area contributed by atoms with Crippen molar-refractivity contribution >= 4 is 37.8 Å². The van der Waals surface area contributed by atoms with E-state index in [4.69, 9.17) is 4.74 Å². The van der Waals surface area contributed by atoms with Gasteiger partial charge in [0.15, 0.2) is 0 Å². The van der Waals surface area contributed by atoms with Crippen LogP contribution in [0.5, 0.6) is 5.75 Å². The van der Waals surface area contributed by atoms with Gasteiger partial charge in [0.25, 0.3) is 5.91 Å². The predicted octanol–water partition coefficient (Wildman–Crippen LogP) is 4.13. The summed E-state index contributed by atoms with van der Waals surface area (Å²) in [5.41, 5.74) is 1.81. The van der Waals surface area contributed by atoms with E-state index in [1.165, 1.54) is 0 Å². The highest BCUT2D eigenvalue weighted by Gasteiger charge is 2.08. The van der Waals surface area contributed by atoms with Crippen LogP contribution in [0, 0.1) is 0 Å². The Morgan fingerprint density at radius 2 is 1.75 bits per heavy atom. The fourth-order valence-corrected chi connectivity index (χ4v) is 3.70. The number of amides is 1. The maximum atomic E-state index is 11.9. The topological polar surface area (TPSA) is 50.4 Å². The molecule has 0 saturated carbocycles. The fourth-order valence-electron chi connectivity index (χ4n) is 2.19. The van der Waals surface area contributed by atoms with Gasteiger partial charge in [-0.15, -0.1) is 0 Å². The van der Waals surface area contributed by atoms with Crippen LogP contribution >= 0.6 is 31.9 Å². The molecule has 0 aliphatic carbocycles. The molecule has 0 spiro atoms. The molecule has 0 atom stereocenters. The number of benzene rings is 2. The molecule has 0 radical (unpaired) electrons. The summed E-state index contributed by atoms with van der Waals surface area (Å²) in [6.07, 6.45) is 0. The second-order valence-corrected chi connectivity index (χ2v) is 6.83. The van der Waals surface area contributed by atoms with Gasteiger partial charge in [-0.05, 0) is 68.6 Å². The minimum Gasteiger partial charge on any atom is -0.492 e. The Balaban J connectivity index is 1.75. The fraction of sp³-hybridized carbons (Fsp3) is 0.278. The van der Waals surface area contributed by atoms with E-state index in [1.54, 1.807) is 12.1 Å². The third-order valence-corrected chi connectivity index (χ3v) is 4.48. The number of hydrogen-bond acceptors (Lipinski definition) is 3. The standard InChI is InChI=1S/C18H20Br2N2O2/c1-2-24-17-15(19)10-13(11-16(17)20)12-21-8-9-22-18(23)14-6-4-3-5-7-14/h3-7,10-11,21H,2,8-9,12H2,1H3,(H,22,23). The van der Waals surface area contributed by atoms with E-state index in [0.29, 0.717) is 31.8 Å². The first-order valence-electron chi connectivity index (χ1n) is 7.76. The molecule has 0 aromatic heterocycles. The zero-order valence-electron chi connectivity index (χ0n) is 13.4. The zero-order valence-corrected chi connectivity index (χ0v) is 16.6. The summed E-state index contributed by atoms with van der Waals surface area (Å²) < 4.78 is 7.42. The molecule has 0 saturated heterocycles. The normalized spacial score (nSPS) is 10.5. The van der Waals surface area contributed by atoms with Crippen molar-refractivity contribution in [3.63, 3.8) is 0 Å². The Kier molecular flexibility index (Phi) is 7.75. The van der Waals surface area contributed by atoms with Gasteiger partial charge in [-0.2, -0.15) is 0 Å². The second-order valence-electron chi connectivity index (χ2n) is 5.12. The third kappa shape index (κ3) is 5.61. The highest BCUT2D eigenvalue weighted by atomic mass is 79.9. The highest BCUT2D eigenvalue weighted by molar-refractivity contribution is 9.11. The van der Waals surface area contributed by atoms with E-state index < -0.39 is 0 Å². The monoisotopic (exact) mass is 454 g/mol. The summed E-state index contributed by atoms with van der Waals surface area (Å²) >= 11 is 7.05. The summed E-state index contributed by atoms with van der Waals surface area (Å²) in [5, 5.41) is 6.21. The van der Waals surface area contributed by atoms with Gasteiger partial charge in [-0.1, -0.05) is 18.2 Å². The van der Waals surface area contributed by atoms with Crippen LogP contribution in [0.2, 0.25) is 0 Å². The molecule has 2 aromatic rings. The van der Waals surface area contributed by atoms with E-state index >= 15 is 0 Å². The van der Waals surface area contributed by atoms with E-state index in [-0.39, 0.29) is 5.91 Å². The van der Waals surface area contributed by atoms with Crippen LogP contribution in [-0.4, -0.2) is 25.6 Å². The zero-order chi connectivity index (χ0) is 17.4. The van der Waals surface area contributed by atoms with Crippen LogP contribution in [0.25, 0.3) is 0 Å². The van der Waals surface area contributed by atoms with Gasteiger partial charge < -0.3 is 15.4 Å². The van der Waals surface area contributed by atoms with Crippen molar-refractivity contribution in [2.24, 2.45) is 0 Å². The number of nitrogens with one attached hydrogen (secondary N) is 2. The largest absolute Gasteiger partial charge is 0.492 e. The van der Waals surface area contributed by atoms with Crippen molar-refractivity contribution in [3.8, 4) is 5.75 Å². The summed E-state index contributed by atoms with van der Waals surface area (Å²) in [5.74, 6) is 0.764. The number of ether oxygens (including phenoxy) is 1. The molecule has 0 bridgehead atoms. The quantitative estimate of drug-likeness (QED) is 0.588. The minimum absolute atomic E-state index is 0.0519. The molecule has 2 aromatic carbocycles. The lowest BCUT2D eigenvalue weighted by Crippen LogP contribution is -2.31. The van der Waals surface area contributed by atoms with Crippen LogP contribution in [-0.2, 0) is 6.54 Å². The number of carbonyl (C=O) groups is 1. The van der Waals surface area contributed by atoms with E-state index in [1.807, 2.05) is 37.3 Å². The minimum atomic E-state index is -0.0519. The van der Waals surface area contributed by atoms with Crippen molar-refractivity contribution in [2.45, 2.75) is 13.5 Å². The summed E-state index contributed by atoms with van der Waals surface area (Å²) in [6.45, 7) is 4.56. The lowest BCUT2D eigenvalue weighted by atomic mass is 10.2. The lowest BCUT2D eigenvalue weighted by Gasteiger charge is -2.12. The molecule has 0 heterocycles. The Bertz CT molecular complexity index is 655. The summed E-state index contributed by atoms with van der Waals surface area (Å²) in [7, 11) is 0. The first kappa shape index (κ1) is 19.0. The van der Waals surface area contributed by atoms with Gasteiger partial charge in [0.05, 0.1) is 15.6 Å². The van der Waals surface area contributed by atoms with Gasteiger partial charge in [-0.25, -0.2) is 0 Å². The van der Waals surface area contributed by atoms with Crippen molar-refractivity contribution < 1.29 is 9.53 Å². The SMILES string of the molecule is CCOc1c(Br)cc(CNCCNC(=O)c2ccccc2)cc1Br. The molecule has 0 unspecified atom stereocenters. The van der Waals surface area contributed by atoms with Gasteiger partial charge in [-0.3, -0.25) is 4.79 Å². The van der Waals surface area contributed by atoms with Crippen LogP contribution < -0.4 is 15.4 Å². The number of carbonyl (C=O) groups excluding carboxylic acids is 1. The van der Waals surface area contributed by atoms with Crippen molar-refractivity contribution in [3.05, 3.63) is 62.5 Å². The third-order valence-electron chi connectivity index (χ3n) is 3.30. The maximum Gasteiger partial charge on any atom is 0.251 e. The Labute approximate surface area is 159 Å². The van der Waals surface area contributed by atoms with Crippen LogP contribution in [0.3, 0.4) is 0 Å². The summed E-state index contributed by atoms with van der Waals surface area (Å²) in [6, 6.07) is 13.3. The van der Waals surface area contributed by atoms with Gasteiger partial charge >= 0.3 is 0 Å². The van der Waals surface area contributed by atoms with Gasteiger partial charge in [0.2, 0.25) is 0 Å². The molecule has 0 aliphatic heterocycles. The van der Waals surface area contributed by atoms with Crippen LogP contribution in [0.4, 0.5) is 0 Å². The summed E-state index contributed by atoms with van der Waals surface area (Å²) in [4.78, 5) is 11.9. The molecule has 1 amide bonds. The molecule has 2 rings (SSSR count). The number of rotatable bonds is 8. The van der Waals surface area contributed by atoms with Gasteiger partial charge in [0, 0.05) is 25.2 Å². The Hall–Kier alpha value is -1.37. The molecule has 6 heteroatoms. The molecule has 128 valence electrons. The average Bonchev–Trinajstić information content (AvgIpc) is 2.58. The van der Waals surface area contributed by atoms with Crippen LogP contribution in [0.15, 0.2) is 51.4 Å². The second kappa shape index (κ2) is 9.81. The molecular formula is C18H20Br2N2O2. The highest BCUT2D eigenvalue weighted by Crippen LogP contribution is 2.34. The van der Waals surface area contributed by atoms with Crippen LogP contribution in [0.1, 0.15) is 22.8 Å². The van der Waals surface area contributed by atoms with Gasteiger partial charge in [0.1, 0.15) is 5.75 Å². The molecule has 4 nitrogen and oxygen atoms in total. The predicted molar refractivity (Wildman–Crippen MR) is 103 cm³/mol. The Morgan fingerprint density at radius 1 is 1.08 bits per heavy atom. The number of hydrogen-bond donors (Lipinski definition) is 2. The smallest absolute Gasteiger partial charge is 0.251 e. The maximum absolute atomic E-state index is 11.9. The average molecular weight is 456 g/mol. The van der Waals surface area contributed by atoms with Crippen molar-refractivity contribution in [1.29, 1.82) is 0 Å². The first-order chi connectivity index (χ1) is 11.6. The Morgan fingerprint density at radius 3 is 2.38 bits per heavy atom. The van der Waals surface area contributed by atoms with Crippen molar-refractivity contribution in [1.82, 2.24) is 10.6 Å². The first-order valence-corrected chi connectivity index (χ1v) is 9.35. The van der Waals surface area contributed by atoms with E-state index in [2.05, 4.69) is 42.5 Å². The lowest BCUT2D eigenvalue weighted by molar-refractivity contribution is 0.0954. The molecule has 0 aliphatic rings. The molecular weight excluding hydrogens is 436 g/mol.